The molecule has 1 saturated heterocycles. The van der Waals surface area contributed by atoms with Gasteiger partial charge in [-0.3, -0.25) is 4.90 Å². The number of anilines is 1. The lowest BCUT2D eigenvalue weighted by atomic mass is 9.98. The second-order valence-electron chi connectivity index (χ2n) is 6.16. The minimum absolute atomic E-state index is 0.102. The van der Waals surface area contributed by atoms with Crippen LogP contribution in [-0.4, -0.2) is 48.2 Å². The van der Waals surface area contributed by atoms with Crippen molar-refractivity contribution >= 4 is 11.5 Å². The van der Waals surface area contributed by atoms with Crippen LogP contribution >= 0.6 is 0 Å². The molecule has 110 valence electrons. The molecule has 0 bridgehead atoms. The minimum atomic E-state index is 0.102. The highest BCUT2D eigenvalue weighted by atomic mass is 16.4. The van der Waals surface area contributed by atoms with E-state index in [2.05, 4.69) is 48.8 Å². The van der Waals surface area contributed by atoms with Crippen LogP contribution in [0.25, 0.3) is 0 Å². The van der Waals surface area contributed by atoms with Crippen molar-refractivity contribution in [2.75, 3.05) is 31.6 Å². The maximum atomic E-state index is 8.96. The van der Waals surface area contributed by atoms with Crippen LogP contribution in [0.2, 0.25) is 0 Å². The third-order valence-electron chi connectivity index (χ3n) is 4.19. The third-order valence-corrected chi connectivity index (χ3v) is 4.19. The first-order chi connectivity index (χ1) is 9.35. The number of likely N-dealkylation sites (N-methyl/N-ethyl adjacent to an activating group) is 1. The summed E-state index contributed by atoms with van der Waals surface area (Å²) in [6, 6.07) is 6.01. The van der Waals surface area contributed by atoms with Gasteiger partial charge in [0.25, 0.3) is 0 Å². The van der Waals surface area contributed by atoms with Crippen LogP contribution in [0.1, 0.15) is 25.0 Å². The molecule has 0 aliphatic carbocycles. The smallest absolute Gasteiger partial charge is 0.172 e. The summed E-state index contributed by atoms with van der Waals surface area (Å²) in [5, 5.41) is 12.1. The van der Waals surface area contributed by atoms with Gasteiger partial charge in [-0.15, -0.1) is 0 Å². The fraction of sp³-hybridized carbons (Fsp3) is 0.533. The van der Waals surface area contributed by atoms with E-state index < -0.39 is 0 Å². The van der Waals surface area contributed by atoms with Crippen molar-refractivity contribution in [2.45, 2.75) is 26.3 Å². The molecule has 0 radical (unpaired) electrons. The van der Waals surface area contributed by atoms with Crippen LogP contribution in [0.4, 0.5) is 5.69 Å². The van der Waals surface area contributed by atoms with Crippen LogP contribution < -0.4 is 10.6 Å². The normalized spacial score (nSPS) is 20.2. The summed E-state index contributed by atoms with van der Waals surface area (Å²) in [5.74, 6) is 0.164. The van der Waals surface area contributed by atoms with Crippen LogP contribution in [0.15, 0.2) is 23.4 Å². The van der Waals surface area contributed by atoms with Crippen molar-refractivity contribution < 1.29 is 5.21 Å². The van der Waals surface area contributed by atoms with Crippen LogP contribution in [0.3, 0.4) is 0 Å². The molecule has 5 heteroatoms. The Bertz CT molecular complexity index is 525. The number of amidine groups is 1. The molecule has 2 rings (SSSR count). The number of aryl methyl sites for hydroxylation is 1. The van der Waals surface area contributed by atoms with Gasteiger partial charge in [0.2, 0.25) is 0 Å². The van der Waals surface area contributed by atoms with E-state index in [1.54, 1.807) is 0 Å². The molecule has 5 nitrogen and oxygen atoms in total. The summed E-state index contributed by atoms with van der Waals surface area (Å²) in [5.41, 5.74) is 8.92. The number of benzene rings is 1. The van der Waals surface area contributed by atoms with Gasteiger partial charge in [-0.25, -0.2) is 0 Å². The first-order valence-corrected chi connectivity index (χ1v) is 6.90. The summed E-state index contributed by atoms with van der Waals surface area (Å²) in [6.45, 7) is 9.38. The molecule has 1 aromatic rings. The molecule has 20 heavy (non-hydrogen) atoms. The van der Waals surface area contributed by atoms with Crippen molar-refractivity contribution in [2.24, 2.45) is 10.9 Å². The summed E-state index contributed by atoms with van der Waals surface area (Å²) in [6.07, 6.45) is 0. The molecular formula is C15H24N4O. The maximum Gasteiger partial charge on any atom is 0.172 e. The molecule has 0 spiro atoms. The summed E-state index contributed by atoms with van der Waals surface area (Å²) < 4.78 is 0. The Morgan fingerprint density at radius 2 is 2.05 bits per heavy atom. The predicted octanol–water partition coefficient (Wildman–Crippen LogP) is 1.62. The molecule has 0 amide bonds. The van der Waals surface area contributed by atoms with Crippen molar-refractivity contribution in [3.05, 3.63) is 29.3 Å². The van der Waals surface area contributed by atoms with Gasteiger partial charge in [0, 0.05) is 36.4 Å². The van der Waals surface area contributed by atoms with E-state index in [0.717, 1.165) is 30.9 Å². The summed E-state index contributed by atoms with van der Waals surface area (Å²) in [7, 11) is 2.15. The molecule has 0 aromatic heterocycles. The van der Waals surface area contributed by atoms with Gasteiger partial charge in [0.1, 0.15) is 0 Å². The second kappa shape index (κ2) is 5.32. The number of oxime groups is 1. The molecule has 0 unspecified atom stereocenters. The zero-order valence-electron chi connectivity index (χ0n) is 12.7. The number of rotatable bonds is 2. The van der Waals surface area contributed by atoms with Crippen molar-refractivity contribution in [3.8, 4) is 0 Å². The Morgan fingerprint density at radius 3 is 2.65 bits per heavy atom. The fourth-order valence-corrected chi connectivity index (χ4v) is 2.62. The van der Waals surface area contributed by atoms with Gasteiger partial charge in [-0.05, 0) is 45.5 Å². The zero-order valence-corrected chi connectivity index (χ0v) is 12.7. The Labute approximate surface area is 120 Å². The van der Waals surface area contributed by atoms with E-state index in [-0.39, 0.29) is 11.4 Å². The number of nitrogens with two attached hydrogens (primary N) is 1. The molecular weight excluding hydrogens is 252 g/mol. The quantitative estimate of drug-likeness (QED) is 0.373. The standard InChI is InChI=1S/C15H24N4O/c1-11-5-6-12(14(16)17-20)13(9-11)19-8-7-18(4)15(2,3)10-19/h5-6,9,20H,7-8,10H2,1-4H3,(H2,16,17). The molecule has 1 aliphatic rings. The molecule has 0 atom stereocenters. The number of piperazine rings is 1. The Balaban J connectivity index is 2.39. The number of hydrogen-bond acceptors (Lipinski definition) is 4. The van der Waals surface area contributed by atoms with Gasteiger partial charge in [-0.2, -0.15) is 0 Å². The van der Waals surface area contributed by atoms with Crippen molar-refractivity contribution in [1.82, 2.24) is 4.90 Å². The highest BCUT2D eigenvalue weighted by Crippen LogP contribution is 2.28. The lowest BCUT2D eigenvalue weighted by Gasteiger charge is -2.46. The largest absolute Gasteiger partial charge is 0.409 e. The molecule has 0 saturated carbocycles. The van der Waals surface area contributed by atoms with Gasteiger partial charge in [-0.1, -0.05) is 11.2 Å². The van der Waals surface area contributed by atoms with Crippen LogP contribution in [0.5, 0.6) is 0 Å². The molecule has 3 N–H and O–H groups in total. The zero-order chi connectivity index (χ0) is 14.9. The van der Waals surface area contributed by atoms with Crippen molar-refractivity contribution in [3.63, 3.8) is 0 Å². The average Bonchev–Trinajstić information content (AvgIpc) is 2.41. The monoisotopic (exact) mass is 276 g/mol. The number of nitrogens with zero attached hydrogens (tertiary/aromatic N) is 3. The van der Waals surface area contributed by atoms with Crippen LogP contribution in [0, 0.1) is 6.92 Å². The average molecular weight is 276 g/mol. The Morgan fingerprint density at radius 1 is 1.35 bits per heavy atom. The second-order valence-corrected chi connectivity index (χ2v) is 6.16. The fourth-order valence-electron chi connectivity index (χ4n) is 2.62. The molecule has 1 aromatic carbocycles. The van der Waals surface area contributed by atoms with Gasteiger partial charge in [0.15, 0.2) is 5.84 Å². The predicted molar refractivity (Wildman–Crippen MR) is 82.6 cm³/mol. The highest BCUT2D eigenvalue weighted by molar-refractivity contribution is 6.02. The highest BCUT2D eigenvalue weighted by Gasteiger charge is 2.32. The van der Waals surface area contributed by atoms with Gasteiger partial charge >= 0.3 is 0 Å². The molecule has 1 fully saturated rings. The summed E-state index contributed by atoms with van der Waals surface area (Å²) >= 11 is 0. The molecule has 1 aliphatic heterocycles. The SMILES string of the molecule is Cc1ccc(C(N)=NO)c(N2CCN(C)C(C)(C)C2)c1. The van der Waals surface area contributed by atoms with Crippen LogP contribution in [-0.2, 0) is 0 Å². The number of hydrogen-bond donors (Lipinski definition) is 2. The Kier molecular flexibility index (Phi) is 3.90. The Hall–Kier alpha value is -1.75. The maximum absolute atomic E-state index is 8.96. The van der Waals surface area contributed by atoms with E-state index in [9.17, 15) is 0 Å². The first kappa shape index (κ1) is 14.7. The topological polar surface area (TPSA) is 65.1 Å². The van der Waals surface area contributed by atoms with Crippen molar-refractivity contribution in [1.29, 1.82) is 0 Å². The minimum Gasteiger partial charge on any atom is -0.409 e. The van der Waals surface area contributed by atoms with E-state index in [0.29, 0.717) is 0 Å². The van der Waals surface area contributed by atoms with E-state index >= 15 is 0 Å². The lowest BCUT2D eigenvalue weighted by molar-refractivity contribution is 0.139. The van der Waals surface area contributed by atoms with Gasteiger partial charge < -0.3 is 15.8 Å². The van der Waals surface area contributed by atoms with Gasteiger partial charge in [0.05, 0.1) is 0 Å². The van der Waals surface area contributed by atoms with E-state index in [1.807, 2.05) is 12.1 Å². The van der Waals surface area contributed by atoms with E-state index in [1.165, 1.54) is 5.56 Å². The first-order valence-electron chi connectivity index (χ1n) is 6.90. The van der Waals surface area contributed by atoms with E-state index in [4.69, 9.17) is 10.9 Å². The summed E-state index contributed by atoms with van der Waals surface area (Å²) in [4.78, 5) is 4.68. The third kappa shape index (κ3) is 2.72. The lowest BCUT2D eigenvalue weighted by Crippen LogP contribution is -2.58. The molecule has 1 heterocycles.